The van der Waals surface area contributed by atoms with E-state index in [0.29, 0.717) is 38.5 Å². The van der Waals surface area contributed by atoms with Crippen molar-refractivity contribution >= 4 is 0 Å². The summed E-state index contributed by atoms with van der Waals surface area (Å²) < 4.78 is 11.5. The number of nitrogens with one attached hydrogen (secondary N) is 1. The molecule has 30 heavy (non-hydrogen) atoms. The van der Waals surface area contributed by atoms with Crippen LogP contribution < -0.4 is 15.0 Å². The highest BCUT2D eigenvalue weighted by molar-refractivity contribution is 5.54. The molecule has 0 atom stereocenters. The van der Waals surface area contributed by atoms with Crippen molar-refractivity contribution in [2.24, 2.45) is 0 Å². The molecule has 6 nitrogen and oxygen atoms in total. The average molecular weight is 405 g/mol. The van der Waals surface area contributed by atoms with Gasteiger partial charge in [0, 0.05) is 36.3 Å². The molecule has 1 aliphatic rings. The third-order valence-electron chi connectivity index (χ3n) is 5.24. The molecule has 0 aliphatic carbocycles. The second kappa shape index (κ2) is 9.13. The molecule has 0 bridgehead atoms. The van der Waals surface area contributed by atoms with Gasteiger partial charge in [-0.2, -0.15) is 0 Å². The Balaban J connectivity index is 1.59. The van der Waals surface area contributed by atoms with Crippen LogP contribution >= 0.6 is 0 Å². The maximum Gasteiger partial charge on any atom is 0.254 e. The van der Waals surface area contributed by atoms with Crippen LogP contribution in [0, 0.1) is 0 Å². The summed E-state index contributed by atoms with van der Waals surface area (Å²) >= 11 is 0. The van der Waals surface area contributed by atoms with Crippen molar-refractivity contribution in [2.75, 3.05) is 19.8 Å². The van der Waals surface area contributed by atoms with Gasteiger partial charge in [0.2, 0.25) is 0 Å². The van der Waals surface area contributed by atoms with Gasteiger partial charge in [0.15, 0.2) is 0 Å². The van der Waals surface area contributed by atoms with Gasteiger partial charge in [0.1, 0.15) is 17.3 Å². The molecule has 0 saturated carbocycles. The van der Waals surface area contributed by atoms with E-state index in [1.165, 1.54) is 0 Å². The Labute approximate surface area is 176 Å². The highest BCUT2D eigenvalue weighted by Gasteiger charge is 2.22. The zero-order valence-electron chi connectivity index (χ0n) is 17.5. The van der Waals surface area contributed by atoms with E-state index in [1.807, 2.05) is 62.4 Å². The average Bonchev–Trinajstić information content (AvgIpc) is 2.76. The summed E-state index contributed by atoms with van der Waals surface area (Å²) in [6.45, 7) is 7.34. The Morgan fingerprint density at radius 3 is 2.63 bits per heavy atom. The molecule has 0 unspecified atom stereocenters. The van der Waals surface area contributed by atoms with Gasteiger partial charge in [-0.25, -0.2) is 4.98 Å². The van der Waals surface area contributed by atoms with Crippen molar-refractivity contribution in [1.29, 1.82) is 0 Å². The Hall–Kier alpha value is -3.12. The van der Waals surface area contributed by atoms with Gasteiger partial charge >= 0.3 is 0 Å². The number of fused-ring (bicyclic) bond motifs is 1. The molecule has 1 N–H and O–H groups in total. The Morgan fingerprint density at radius 1 is 1.07 bits per heavy atom. The zero-order valence-corrected chi connectivity index (χ0v) is 17.5. The second-order valence-electron chi connectivity index (χ2n) is 7.30. The second-order valence-corrected chi connectivity index (χ2v) is 7.30. The first kappa shape index (κ1) is 20.2. The lowest BCUT2D eigenvalue weighted by Gasteiger charge is -2.28. The predicted octanol–water partition coefficient (Wildman–Crippen LogP) is 3.79. The molecule has 156 valence electrons. The Morgan fingerprint density at radius 2 is 1.87 bits per heavy atom. The molecule has 1 aliphatic heterocycles. The van der Waals surface area contributed by atoms with Crippen LogP contribution in [0.2, 0.25) is 0 Å². The summed E-state index contributed by atoms with van der Waals surface area (Å²) in [6, 6.07) is 15.7. The molecule has 6 heteroatoms. The molecular weight excluding hydrogens is 378 g/mol. The first-order valence-corrected chi connectivity index (χ1v) is 10.5. The van der Waals surface area contributed by atoms with Crippen molar-refractivity contribution < 1.29 is 9.47 Å². The normalized spacial score (nSPS) is 13.7. The first-order chi connectivity index (χ1) is 14.7. The van der Waals surface area contributed by atoms with Gasteiger partial charge in [-0.1, -0.05) is 30.3 Å². The lowest BCUT2D eigenvalue weighted by molar-refractivity contribution is 0.234. The molecule has 1 aromatic heterocycles. The Bertz CT molecular complexity index is 1060. The van der Waals surface area contributed by atoms with Crippen molar-refractivity contribution in [1.82, 2.24) is 14.9 Å². The van der Waals surface area contributed by atoms with E-state index in [2.05, 4.69) is 9.88 Å². The minimum absolute atomic E-state index is 0.0353. The molecular formula is C24H27N3O3. The van der Waals surface area contributed by atoms with Gasteiger partial charge in [-0.3, -0.25) is 9.69 Å². The van der Waals surface area contributed by atoms with E-state index in [0.717, 1.165) is 40.4 Å². The van der Waals surface area contributed by atoms with Crippen molar-refractivity contribution in [3.63, 3.8) is 0 Å². The number of rotatable bonds is 7. The van der Waals surface area contributed by atoms with Gasteiger partial charge in [-0.15, -0.1) is 0 Å². The highest BCUT2D eigenvalue weighted by Crippen LogP contribution is 2.28. The summed E-state index contributed by atoms with van der Waals surface area (Å²) in [4.78, 5) is 22.7. The summed E-state index contributed by atoms with van der Waals surface area (Å²) in [5, 5.41) is 0. The van der Waals surface area contributed by atoms with Crippen LogP contribution in [0.25, 0.3) is 11.4 Å². The van der Waals surface area contributed by atoms with Crippen LogP contribution in [0.5, 0.6) is 11.5 Å². The van der Waals surface area contributed by atoms with Gasteiger partial charge in [-0.05, 0) is 38.5 Å². The molecule has 0 radical (unpaired) electrons. The van der Waals surface area contributed by atoms with Crippen LogP contribution in [0.1, 0.15) is 30.7 Å². The van der Waals surface area contributed by atoms with Crippen LogP contribution in [0.15, 0.2) is 53.3 Å². The third kappa shape index (κ3) is 4.39. The maximum atomic E-state index is 12.6. The lowest BCUT2D eigenvalue weighted by atomic mass is 10.0. The first-order valence-electron chi connectivity index (χ1n) is 10.5. The maximum absolute atomic E-state index is 12.6. The van der Waals surface area contributed by atoms with Crippen molar-refractivity contribution in [3.05, 3.63) is 75.7 Å². The number of aromatic nitrogens is 2. The van der Waals surface area contributed by atoms with Crippen LogP contribution in [-0.2, 0) is 19.5 Å². The summed E-state index contributed by atoms with van der Waals surface area (Å²) in [5.41, 5.74) is 3.60. The zero-order chi connectivity index (χ0) is 20.9. The van der Waals surface area contributed by atoms with E-state index >= 15 is 0 Å². The molecule has 0 spiro atoms. The predicted molar refractivity (Wildman–Crippen MR) is 117 cm³/mol. The summed E-state index contributed by atoms with van der Waals surface area (Å²) in [6.07, 6.45) is 0.682. The quantitative estimate of drug-likeness (QED) is 0.648. The molecule has 0 amide bonds. The number of ether oxygens (including phenoxy) is 2. The van der Waals surface area contributed by atoms with E-state index in [4.69, 9.17) is 14.5 Å². The fraction of sp³-hybridized carbons (Fsp3) is 0.333. The van der Waals surface area contributed by atoms with Gasteiger partial charge < -0.3 is 14.5 Å². The molecule has 0 saturated heterocycles. The standard InChI is InChI=1S/C24H27N3O3/c1-3-29-19-10-11-22(30-4-2)18(14-19)15-27-13-12-20-21(16-27)25-23(26-24(20)28)17-8-6-5-7-9-17/h5-11,14H,3-4,12-13,15-16H2,1-2H3,(H,25,26,28). The third-order valence-corrected chi connectivity index (χ3v) is 5.24. The van der Waals surface area contributed by atoms with Gasteiger partial charge in [0.25, 0.3) is 5.56 Å². The number of hydrogen-bond donors (Lipinski definition) is 1. The summed E-state index contributed by atoms with van der Waals surface area (Å²) in [5.74, 6) is 2.33. The fourth-order valence-corrected chi connectivity index (χ4v) is 3.83. The van der Waals surface area contributed by atoms with E-state index < -0.39 is 0 Å². The van der Waals surface area contributed by atoms with E-state index in [-0.39, 0.29) is 5.56 Å². The number of nitrogens with zero attached hydrogens (tertiary/aromatic N) is 2. The van der Waals surface area contributed by atoms with Crippen LogP contribution in [0.3, 0.4) is 0 Å². The molecule has 2 heterocycles. The largest absolute Gasteiger partial charge is 0.494 e. The highest BCUT2D eigenvalue weighted by atomic mass is 16.5. The van der Waals surface area contributed by atoms with E-state index in [1.54, 1.807) is 0 Å². The monoisotopic (exact) mass is 405 g/mol. The number of aromatic amines is 1. The topological polar surface area (TPSA) is 67.5 Å². The summed E-state index contributed by atoms with van der Waals surface area (Å²) in [7, 11) is 0. The number of benzene rings is 2. The minimum Gasteiger partial charge on any atom is -0.494 e. The molecule has 3 aromatic rings. The molecule has 0 fully saturated rings. The van der Waals surface area contributed by atoms with Crippen LogP contribution in [0.4, 0.5) is 0 Å². The fourth-order valence-electron chi connectivity index (χ4n) is 3.83. The minimum atomic E-state index is -0.0353. The molecule has 4 rings (SSSR count). The van der Waals surface area contributed by atoms with Crippen molar-refractivity contribution in [2.45, 2.75) is 33.4 Å². The number of H-pyrrole nitrogens is 1. The Kier molecular flexibility index (Phi) is 6.14. The van der Waals surface area contributed by atoms with E-state index in [9.17, 15) is 4.79 Å². The van der Waals surface area contributed by atoms with Gasteiger partial charge in [0.05, 0.1) is 18.9 Å². The lowest BCUT2D eigenvalue weighted by Crippen LogP contribution is -2.35. The molecule has 2 aromatic carbocycles. The smallest absolute Gasteiger partial charge is 0.254 e. The van der Waals surface area contributed by atoms with Crippen LogP contribution in [-0.4, -0.2) is 34.6 Å². The SMILES string of the molecule is CCOc1ccc(OCC)c(CN2CCc3c(nc(-c4ccccc4)[nH]c3=O)C2)c1. The number of hydrogen-bond acceptors (Lipinski definition) is 5. The van der Waals surface area contributed by atoms with Crippen molar-refractivity contribution in [3.8, 4) is 22.9 Å².